The van der Waals surface area contributed by atoms with Crippen molar-refractivity contribution < 1.29 is 9.59 Å². The SMILES string of the molecule is O=C(Nc1cnc2ccccc2c1)c1ccc2ccc3c(Cl)cc(C(=O)Nc4cnc5ccccc5c4)nc3c2n1. The van der Waals surface area contributed by atoms with Crippen molar-refractivity contribution in [2.45, 2.75) is 0 Å². The first kappa shape index (κ1) is 24.6. The number of aromatic nitrogens is 4. The molecule has 2 amide bonds. The molecule has 0 radical (unpaired) electrons. The third-order valence-corrected chi connectivity index (χ3v) is 7.06. The third kappa shape index (κ3) is 4.66. The Bertz CT molecular complexity index is 2180. The van der Waals surface area contributed by atoms with E-state index >= 15 is 0 Å². The van der Waals surface area contributed by atoms with Crippen molar-refractivity contribution in [1.82, 2.24) is 19.9 Å². The van der Waals surface area contributed by atoms with Crippen LogP contribution in [0.15, 0.2) is 103 Å². The van der Waals surface area contributed by atoms with Crippen molar-refractivity contribution in [1.29, 1.82) is 0 Å². The van der Waals surface area contributed by atoms with Crippen LogP contribution < -0.4 is 10.6 Å². The largest absolute Gasteiger partial charge is 0.319 e. The van der Waals surface area contributed by atoms with Crippen LogP contribution in [0.1, 0.15) is 21.0 Å². The normalized spacial score (nSPS) is 11.2. The molecule has 4 heterocycles. The Balaban J connectivity index is 1.23. The van der Waals surface area contributed by atoms with Gasteiger partial charge in [0.25, 0.3) is 11.8 Å². The van der Waals surface area contributed by atoms with E-state index in [2.05, 4.69) is 30.6 Å². The summed E-state index contributed by atoms with van der Waals surface area (Å²) >= 11 is 6.60. The van der Waals surface area contributed by atoms with Gasteiger partial charge in [-0.15, -0.1) is 0 Å². The average Bonchev–Trinajstić information content (AvgIpc) is 3.00. The maximum absolute atomic E-state index is 13.2. The van der Waals surface area contributed by atoms with E-state index in [-0.39, 0.29) is 11.4 Å². The number of carbonyl (C=O) groups excluding carboxylic acids is 2. The first-order valence-corrected chi connectivity index (χ1v) is 13.1. The molecule has 0 saturated carbocycles. The maximum atomic E-state index is 13.2. The summed E-state index contributed by atoms with van der Waals surface area (Å²) in [4.78, 5) is 44.4. The van der Waals surface area contributed by atoms with Gasteiger partial charge in [-0.25, -0.2) is 9.97 Å². The predicted molar refractivity (Wildman–Crippen MR) is 161 cm³/mol. The number of fused-ring (bicyclic) bond motifs is 5. The van der Waals surface area contributed by atoms with Gasteiger partial charge in [-0.2, -0.15) is 0 Å². The number of halogens is 1. The molecule has 7 aromatic rings. The van der Waals surface area contributed by atoms with Gasteiger partial charge in [0.2, 0.25) is 0 Å². The lowest BCUT2D eigenvalue weighted by molar-refractivity contribution is 0.101. The van der Waals surface area contributed by atoms with E-state index in [0.29, 0.717) is 32.8 Å². The summed E-state index contributed by atoms with van der Waals surface area (Å²) in [5.74, 6) is -0.842. The Labute approximate surface area is 238 Å². The van der Waals surface area contributed by atoms with Crippen LogP contribution in [-0.4, -0.2) is 31.8 Å². The van der Waals surface area contributed by atoms with Gasteiger partial charge in [0.15, 0.2) is 0 Å². The molecule has 0 saturated heterocycles. The highest BCUT2D eigenvalue weighted by Crippen LogP contribution is 2.29. The third-order valence-electron chi connectivity index (χ3n) is 6.75. The molecule has 0 fully saturated rings. The number of nitrogens with one attached hydrogen (secondary N) is 2. The van der Waals surface area contributed by atoms with Gasteiger partial charge in [0.1, 0.15) is 11.4 Å². The molecule has 0 aliphatic carbocycles. The van der Waals surface area contributed by atoms with Crippen molar-refractivity contribution in [2.24, 2.45) is 0 Å². The number of nitrogens with zero attached hydrogens (tertiary/aromatic N) is 4. The molecule has 8 nitrogen and oxygen atoms in total. The molecule has 0 aliphatic rings. The van der Waals surface area contributed by atoms with Crippen LogP contribution in [0.25, 0.3) is 43.6 Å². The summed E-state index contributed by atoms with van der Waals surface area (Å²) < 4.78 is 0. The molecular formula is C32H19ClN6O2. The van der Waals surface area contributed by atoms with E-state index in [0.717, 1.165) is 27.2 Å². The number of amides is 2. The van der Waals surface area contributed by atoms with E-state index in [1.807, 2.05) is 72.8 Å². The molecule has 9 heteroatoms. The fraction of sp³-hybridized carbons (Fsp3) is 0. The van der Waals surface area contributed by atoms with E-state index in [1.54, 1.807) is 24.5 Å². The number of anilines is 2. The minimum absolute atomic E-state index is 0.113. The van der Waals surface area contributed by atoms with Crippen molar-refractivity contribution in [3.63, 3.8) is 0 Å². The fourth-order valence-electron chi connectivity index (χ4n) is 4.74. The van der Waals surface area contributed by atoms with Crippen LogP contribution >= 0.6 is 11.6 Å². The number of para-hydroxylation sites is 2. The van der Waals surface area contributed by atoms with Gasteiger partial charge < -0.3 is 10.6 Å². The van der Waals surface area contributed by atoms with Crippen LogP contribution in [-0.2, 0) is 0 Å². The molecule has 4 aromatic heterocycles. The molecule has 0 aliphatic heterocycles. The molecule has 3 aromatic carbocycles. The highest BCUT2D eigenvalue weighted by molar-refractivity contribution is 6.36. The monoisotopic (exact) mass is 554 g/mol. The highest BCUT2D eigenvalue weighted by atomic mass is 35.5. The lowest BCUT2D eigenvalue weighted by atomic mass is 10.1. The number of hydrogen-bond donors (Lipinski definition) is 2. The fourth-order valence-corrected chi connectivity index (χ4v) is 5.00. The number of pyridine rings is 4. The number of carbonyl (C=O) groups is 2. The van der Waals surface area contributed by atoms with Gasteiger partial charge in [0, 0.05) is 21.5 Å². The molecule has 196 valence electrons. The summed E-state index contributed by atoms with van der Waals surface area (Å²) in [6.07, 6.45) is 3.20. The molecule has 7 rings (SSSR count). The zero-order valence-electron chi connectivity index (χ0n) is 21.3. The van der Waals surface area contributed by atoms with E-state index in [4.69, 9.17) is 11.6 Å². The predicted octanol–water partition coefficient (Wildman–Crippen LogP) is 7.04. The van der Waals surface area contributed by atoms with Gasteiger partial charge >= 0.3 is 0 Å². The van der Waals surface area contributed by atoms with Crippen LogP contribution in [0.2, 0.25) is 5.02 Å². The Kier molecular flexibility index (Phi) is 5.95. The topological polar surface area (TPSA) is 110 Å². The minimum Gasteiger partial charge on any atom is -0.319 e. The minimum atomic E-state index is -0.444. The molecular weight excluding hydrogens is 536 g/mol. The molecule has 0 atom stereocenters. The zero-order chi connectivity index (χ0) is 27.9. The van der Waals surface area contributed by atoms with E-state index in [9.17, 15) is 9.59 Å². The standard InChI is InChI=1S/C32H19ClN6O2/c33-24-15-28(32(41)37-22-14-20-6-2-4-8-26(20)35-17-22)39-30-23(24)11-9-18-10-12-27(38-29(18)30)31(40)36-21-13-19-5-1-3-7-25(19)34-16-21/h1-17H,(H,36,40)(H,37,41). The Morgan fingerprint density at radius 1 is 0.585 bits per heavy atom. The maximum Gasteiger partial charge on any atom is 0.274 e. The van der Waals surface area contributed by atoms with Gasteiger partial charge in [-0.3, -0.25) is 19.6 Å². The highest BCUT2D eigenvalue weighted by Gasteiger charge is 2.17. The zero-order valence-corrected chi connectivity index (χ0v) is 22.1. The average molecular weight is 555 g/mol. The van der Waals surface area contributed by atoms with E-state index < -0.39 is 11.8 Å². The first-order valence-electron chi connectivity index (χ1n) is 12.7. The molecule has 0 spiro atoms. The van der Waals surface area contributed by atoms with E-state index in [1.165, 1.54) is 6.07 Å². The number of benzene rings is 3. The Morgan fingerprint density at radius 3 is 1.80 bits per heavy atom. The van der Waals surface area contributed by atoms with Crippen LogP contribution in [0, 0.1) is 0 Å². The molecule has 2 N–H and O–H groups in total. The smallest absolute Gasteiger partial charge is 0.274 e. The second kappa shape index (κ2) is 9.93. The summed E-state index contributed by atoms with van der Waals surface area (Å²) in [6, 6.07) is 27.6. The Hall–Kier alpha value is -5.47. The number of hydrogen-bond acceptors (Lipinski definition) is 6. The molecule has 0 bridgehead atoms. The number of rotatable bonds is 4. The van der Waals surface area contributed by atoms with Crippen molar-refractivity contribution in [3.8, 4) is 0 Å². The lowest BCUT2D eigenvalue weighted by Gasteiger charge is -2.10. The van der Waals surface area contributed by atoms with Crippen LogP contribution in [0.4, 0.5) is 11.4 Å². The van der Waals surface area contributed by atoms with Gasteiger partial charge in [0.05, 0.1) is 50.9 Å². The summed E-state index contributed by atoms with van der Waals surface area (Å²) in [5, 5.41) is 9.23. The quantitative estimate of drug-likeness (QED) is 0.226. The van der Waals surface area contributed by atoms with Crippen molar-refractivity contribution >= 4 is 78.4 Å². The second-order valence-electron chi connectivity index (χ2n) is 9.46. The van der Waals surface area contributed by atoms with Gasteiger partial charge in [-0.1, -0.05) is 66.2 Å². The second-order valence-corrected chi connectivity index (χ2v) is 9.87. The summed E-state index contributed by atoms with van der Waals surface area (Å²) in [6.45, 7) is 0. The summed E-state index contributed by atoms with van der Waals surface area (Å²) in [5.41, 5.74) is 3.92. The summed E-state index contributed by atoms with van der Waals surface area (Å²) in [7, 11) is 0. The molecule has 0 unspecified atom stereocenters. The Morgan fingerprint density at radius 2 is 1.15 bits per heavy atom. The van der Waals surface area contributed by atoms with Gasteiger partial charge in [-0.05, 0) is 36.4 Å². The van der Waals surface area contributed by atoms with Crippen LogP contribution in [0.3, 0.4) is 0 Å². The van der Waals surface area contributed by atoms with Crippen molar-refractivity contribution in [2.75, 3.05) is 10.6 Å². The first-order chi connectivity index (χ1) is 20.0. The van der Waals surface area contributed by atoms with Crippen LogP contribution in [0.5, 0.6) is 0 Å². The molecule has 41 heavy (non-hydrogen) atoms. The van der Waals surface area contributed by atoms with Crippen molar-refractivity contribution in [3.05, 3.63) is 120 Å². The lowest BCUT2D eigenvalue weighted by Crippen LogP contribution is -2.15.